The molecule has 0 N–H and O–H groups in total. The molecular formula is C16H18N2. The Hall–Kier alpha value is -2.09. The lowest BCUT2D eigenvalue weighted by Gasteiger charge is -1.93. The first kappa shape index (κ1) is 12.4. The van der Waals surface area contributed by atoms with Crippen LogP contribution in [0.2, 0.25) is 0 Å². The summed E-state index contributed by atoms with van der Waals surface area (Å²) in [6, 6.07) is 14.4. The molecule has 3 rings (SSSR count). The molecule has 0 atom stereocenters. The second-order valence-corrected chi connectivity index (χ2v) is 3.96. The fourth-order valence-corrected chi connectivity index (χ4v) is 1.85. The Morgan fingerprint density at radius 2 is 1.61 bits per heavy atom. The molecule has 0 bridgehead atoms. The minimum atomic E-state index is 0.990. The van der Waals surface area contributed by atoms with Gasteiger partial charge in [-0.25, -0.2) is 4.98 Å². The summed E-state index contributed by atoms with van der Waals surface area (Å²) >= 11 is 0. The van der Waals surface area contributed by atoms with Gasteiger partial charge in [-0.2, -0.15) is 0 Å². The summed E-state index contributed by atoms with van der Waals surface area (Å²) in [5.74, 6) is 0. The lowest BCUT2D eigenvalue weighted by Crippen LogP contribution is -1.82. The maximum absolute atomic E-state index is 4.59. The molecule has 0 unspecified atom stereocenters. The van der Waals surface area contributed by atoms with Crippen molar-refractivity contribution in [2.45, 2.75) is 20.8 Å². The molecule has 18 heavy (non-hydrogen) atoms. The Balaban J connectivity index is 0.000000574. The molecule has 0 aliphatic rings. The van der Waals surface area contributed by atoms with Gasteiger partial charge in [0.1, 0.15) is 5.65 Å². The van der Waals surface area contributed by atoms with Crippen molar-refractivity contribution in [1.29, 1.82) is 0 Å². The number of aromatic nitrogens is 2. The summed E-state index contributed by atoms with van der Waals surface area (Å²) in [5.41, 5.74) is 4.41. The van der Waals surface area contributed by atoms with E-state index in [4.69, 9.17) is 0 Å². The third-order valence-electron chi connectivity index (χ3n) is 2.67. The van der Waals surface area contributed by atoms with Crippen LogP contribution in [0, 0.1) is 6.92 Å². The van der Waals surface area contributed by atoms with Gasteiger partial charge in [-0.1, -0.05) is 50.2 Å². The molecule has 3 aromatic rings. The molecule has 1 aromatic carbocycles. The first-order chi connectivity index (χ1) is 8.83. The number of fused-ring (bicyclic) bond motifs is 1. The van der Waals surface area contributed by atoms with E-state index in [0.717, 1.165) is 16.9 Å². The van der Waals surface area contributed by atoms with Gasteiger partial charge in [0.15, 0.2) is 0 Å². The number of aryl methyl sites for hydroxylation is 1. The smallest absolute Gasteiger partial charge is 0.137 e. The van der Waals surface area contributed by atoms with E-state index in [1.54, 1.807) is 0 Å². The molecule has 2 heteroatoms. The molecule has 92 valence electrons. The monoisotopic (exact) mass is 238 g/mol. The number of hydrogen-bond donors (Lipinski definition) is 0. The zero-order chi connectivity index (χ0) is 13.0. The fourth-order valence-electron chi connectivity index (χ4n) is 1.85. The second-order valence-electron chi connectivity index (χ2n) is 3.96. The van der Waals surface area contributed by atoms with Crippen LogP contribution in [0.1, 0.15) is 19.4 Å². The number of nitrogens with zero attached hydrogens (tertiary/aromatic N) is 2. The molecule has 0 saturated heterocycles. The molecule has 0 aliphatic carbocycles. The van der Waals surface area contributed by atoms with Gasteiger partial charge in [-0.15, -0.1) is 0 Å². The summed E-state index contributed by atoms with van der Waals surface area (Å²) in [5, 5.41) is 0. The molecule has 2 nitrogen and oxygen atoms in total. The second kappa shape index (κ2) is 5.50. The van der Waals surface area contributed by atoms with E-state index in [0.29, 0.717) is 0 Å². The maximum Gasteiger partial charge on any atom is 0.137 e. The molecule has 2 aromatic heterocycles. The van der Waals surface area contributed by atoms with Crippen LogP contribution in [-0.2, 0) is 0 Å². The van der Waals surface area contributed by atoms with E-state index < -0.39 is 0 Å². The predicted octanol–water partition coefficient (Wildman–Crippen LogP) is 4.34. The average molecular weight is 238 g/mol. The van der Waals surface area contributed by atoms with Crippen molar-refractivity contribution < 1.29 is 0 Å². The summed E-state index contributed by atoms with van der Waals surface area (Å²) < 4.78 is 2.07. The lowest BCUT2D eigenvalue weighted by molar-refractivity contribution is 1.16. The standard InChI is InChI=1S/C14H12N2.C2H6/c1-11-7-8-14-15-13(10-16(14)9-11)12-5-3-2-4-6-12;1-2/h2-10H,1H3;1-2H3. The van der Waals surface area contributed by atoms with Crippen molar-refractivity contribution in [1.82, 2.24) is 9.38 Å². The molecule has 2 heterocycles. The summed E-state index contributed by atoms with van der Waals surface area (Å²) in [4.78, 5) is 4.59. The molecule has 0 amide bonds. The van der Waals surface area contributed by atoms with Crippen molar-refractivity contribution in [2.24, 2.45) is 0 Å². The highest BCUT2D eigenvalue weighted by atomic mass is 15.0. The van der Waals surface area contributed by atoms with Crippen LogP contribution in [0.3, 0.4) is 0 Å². The highest BCUT2D eigenvalue weighted by Gasteiger charge is 2.02. The average Bonchev–Trinajstić information content (AvgIpc) is 2.85. The number of hydrogen-bond acceptors (Lipinski definition) is 1. The van der Waals surface area contributed by atoms with Gasteiger partial charge < -0.3 is 4.40 Å². The molecule has 0 fully saturated rings. The van der Waals surface area contributed by atoms with Gasteiger partial charge in [0.2, 0.25) is 0 Å². The van der Waals surface area contributed by atoms with Gasteiger partial charge in [0.25, 0.3) is 0 Å². The number of rotatable bonds is 1. The van der Waals surface area contributed by atoms with Crippen molar-refractivity contribution >= 4 is 5.65 Å². The van der Waals surface area contributed by atoms with Crippen LogP contribution >= 0.6 is 0 Å². The fraction of sp³-hybridized carbons (Fsp3) is 0.188. The first-order valence-electron chi connectivity index (χ1n) is 6.34. The quantitative estimate of drug-likeness (QED) is 0.616. The summed E-state index contributed by atoms with van der Waals surface area (Å²) in [6.45, 7) is 6.08. The minimum Gasteiger partial charge on any atom is -0.306 e. The summed E-state index contributed by atoms with van der Waals surface area (Å²) in [6.07, 6.45) is 4.16. The van der Waals surface area contributed by atoms with Gasteiger partial charge in [0.05, 0.1) is 5.69 Å². The van der Waals surface area contributed by atoms with Crippen LogP contribution in [0.25, 0.3) is 16.9 Å². The predicted molar refractivity (Wildman–Crippen MR) is 76.7 cm³/mol. The van der Waals surface area contributed by atoms with Crippen molar-refractivity contribution in [2.75, 3.05) is 0 Å². The SMILES string of the molecule is CC.Cc1ccc2nc(-c3ccccc3)cn2c1. The third-order valence-corrected chi connectivity index (χ3v) is 2.67. The van der Waals surface area contributed by atoms with Gasteiger partial charge >= 0.3 is 0 Å². The lowest BCUT2D eigenvalue weighted by atomic mass is 10.2. The Kier molecular flexibility index (Phi) is 3.78. The maximum atomic E-state index is 4.59. The topological polar surface area (TPSA) is 17.3 Å². The number of imidazole rings is 1. The third kappa shape index (κ3) is 2.43. The van der Waals surface area contributed by atoms with Crippen LogP contribution in [-0.4, -0.2) is 9.38 Å². The first-order valence-corrected chi connectivity index (χ1v) is 6.34. The van der Waals surface area contributed by atoms with Gasteiger partial charge in [-0.3, -0.25) is 0 Å². The van der Waals surface area contributed by atoms with E-state index in [1.807, 2.05) is 38.1 Å². The number of pyridine rings is 1. The molecule has 0 radical (unpaired) electrons. The zero-order valence-electron chi connectivity index (χ0n) is 11.1. The largest absolute Gasteiger partial charge is 0.306 e. The van der Waals surface area contributed by atoms with Gasteiger partial charge in [0, 0.05) is 18.0 Å². The Morgan fingerprint density at radius 3 is 2.33 bits per heavy atom. The van der Waals surface area contributed by atoms with Crippen LogP contribution < -0.4 is 0 Å². The highest BCUT2D eigenvalue weighted by molar-refractivity contribution is 5.62. The van der Waals surface area contributed by atoms with E-state index in [1.165, 1.54) is 5.56 Å². The van der Waals surface area contributed by atoms with Gasteiger partial charge in [-0.05, 0) is 18.6 Å². The van der Waals surface area contributed by atoms with Crippen LogP contribution in [0.15, 0.2) is 54.9 Å². The van der Waals surface area contributed by atoms with Crippen LogP contribution in [0.4, 0.5) is 0 Å². The van der Waals surface area contributed by atoms with Crippen molar-refractivity contribution in [3.63, 3.8) is 0 Å². The molecule has 0 spiro atoms. The summed E-state index contributed by atoms with van der Waals surface area (Å²) in [7, 11) is 0. The molecule has 0 saturated carbocycles. The Morgan fingerprint density at radius 1 is 0.889 bits per heavy atom. The minimum absolute atomic E-state index is 0.990. The van der Waals surface area contributed by atoms with E-state index in [2.05, 4.69) is 46.9 Å². The van der Waals surface area contributed by atoms with E-state index in [9.17, 15) is 0 Å². The van der Waals surface area contributed by atoms with E-state index >= 15 is 0 Å². The normalized spacial score (nSPS) is 9.94. The highest BCUT2D eigenvalue weighted by Crippen LogP contribution is 2.18. The van der Waals surface area contributed by atoms with E-state index in [-0.39, 0.29) is 0 Å². The Labute approximate surface area is 108 Å². The zero-order valence-corrected chi connectivity index (χ0v) is 11.1. The van der Waals surface area contributed by atoms with Crippen LogP contribution in [0.5, 0.6) is 0 Å². The molecular weight excluding hydrogens is 220 g/mol. The number of benzene rings is 1. The Bertz CT molecular complexity index is 624. The molecule has 0 aliphatic heterocycles. The van der Waals surface area contributed by atoms with Crippen molar-refractivity contribution in [3.05, 3.63) is 60.4 Å². The van der Waals surface area contributed by atoms with Crippen molar-refractivity contribution in [3.8, 4) is 11.3 Å².